The van der Waals surface area contributed by atoms with E-state index in [1.165, 1.54) is 38.9 Å². The maximum atomic E-state index is 3.60. The van der Waals surface area contributed by atoms with Crippen molar-refractivity contribution in [3.8, 4) is 0 Å². The van der Waals surface area contributed by atoms with Gasteiger partial charge < -0.3 is 5.32 Å². The number of hydrogen-bond acceptors (Lipinski definition) is 2. The molecule has 3 unspecified atom stereocenters. The average molecular weight is 154 g/mol. The first-order chi connectivity index (χ1) is 5.42. The molecule has 0 aromatic rings. The van der Waals surface area contributed by atoms with Gasteiger partial charge in [-0.25, -0.2) is 0 Å². The average Bonchev–Trinajstić information content (AvgIpc) is 2.06. The molecular weight excluding hydrogens is 136 g/mol. The minimum atomic E-state index is 0.753. The molecule has 3 saturated heterocycles. The number of piperidine rings is 2. The summed E-state index contributed by atoms with van der Waals surface area (Å²) in [5.74, 6) is 0.982. The van der Waals surface area contributed by atoms with Crippen molar-refractivity contribution in [2.75, 3.05) is 19.6 Å². The van der Waals surface area contributed by atoms with Crippen LogP contribution in [-0.2, 0) is 0 Å². The van der Waals surface area contributed by atoms with Crippen LogP contribution in [0.4, 0.5) is 0 Å². The molecule has 0 amide bonds. The van der Waals surface area contributed by atoms with Gasteiger partial charge in [-0.15, -0.1) is 0 Å². The van der Waals surface area contributed by atoms with Gasteiger partial charge in [0.25, 0.3) is 0 Å². The molecule has 11 heavy (non-hydrogen) atoms. The van der Waals surface area contributed by atoms with E-state index in [0.717, 1.165) is 12.1 Å². The molecule has 3 aliphatic heterocycles. The van der Waals surface area contributed by atoms with Gasteiger partial charge in [-0.2, -0.15) is 0 Å². The molecule has 3 rings (SSSR count). The van der Waals surface area contributed by atoms with Crippen LogP contribution in [0.3, 0.4) is 0 Å². The van der Waals surface area contributed by atoms with Gasteiger partial charge in [0, 0.05) is 12.5 Å². The molecule has 3 atom stereocenters. The maximum absolute atomic E-state index is 3.60. The van der Waals surface area contributed by atoms with E-state index in [1.807, 2.05) is 0 Å². The molecule has 3 aliphatic rings. The summed E-state index contributed by atoms with van der Waals surface area (Å²) in [6.07, 6.45) is 4.90. The molecule has 1 N–H and O–H groups in total. The first-order valence-electron chi connectivity index (χ1n) is 4.89. The Balaban J connectivity index is 1.77. The molecule has 2 bridgehead atoms. The Bertz CT molecular complexity index is 122. The predicted molar refractivity (Wildman–Crippen MR) is 46.4 cm³/mol. The molecule has 3 fully saturated rings. The largest absolute Gasteiger partial charge is 0.301 e. The van der Waals surface area contributed by atoms with Crippen LogP contribution in [0.1, 0.15) is 26.2 Å². The summed E-state index contributed by atoms with van der Waals surface area (Å²) in [6.45, 7) is 6.12. The zero-order valence-corrected chi connectivity index (χ0v) is 7.34. The van der Waals surface area contributed by atoms with Crippen LogP contribution in [0.25, 0.3) is 0 Å². The van der Waals surface area contributed by atoms with Crippen molar-refractivity contribution in [1.82, 2.24) is 10.2 Å². The highest BCUT2D eigenvalue weighted by Gasteiger charge is 2.40. The predicted octanol–water partition coefficient (Wildman–Crippen LogP) is 1.04. The van der Waals surface area contributed by atoms with Crippen molar-refractivity contribution in [2.24, 2.45) is 5.92 Å². The normalized spacial score (nSPS) is 41.7. The second-order valence-corrected chi connectivity index (χ2v) is 3.80. The first kappa shape index (κ1) is 7.56. The van der Waals surface area contributed by atoms with E-state index >= 15 is 0 Å². The highest BCUT2D eigenvalue weighted by molar-refractivity contribution is 4.93. The number of nitrogens with one attached hydrogen (secondary N) is 1. The molecule has 0 aromatic carbocycles. The number of hydrogen-bond donors (Lipinski definition) is 1. The Morgan fingerprint density at radius 2 is 2.45 bits per heavy atom. The fraction of sp³-hybridized carbons (Fsp3) is 1.00. The molecule has 0 spiro atoms. The van der Waals surface area contributed by atoms with Gasteiger partial charge in [-0.05, 0) is 32.4 Å². The standard InChI is InChI=1S/C9H18N2/c1-2-5-10-9-8-4-3-6-11(9)7-8/h8-10H,2-7H2,1H3. The van der Waals surface area contributed by atoms with Gasteiger partial charge in [-0.3, -0.25) is 4.90 Å². The lowest BCUT2D eigenvalue weighted by Crippen LogP contribution is -2.65. The van der Waals surface area contributed by atoms with Crippen molar-refractivity contribution < 1.29 is 0 Å². The van der Waals surface area contributed by atoms with E-state index in [2.05, 4.69) is 17.1 Å². The Morgan fingerprint density at radius 1 is 1.55 bits per heavy atom. The van der Waals surface area contributed by atoms with Gasteiger partial charge in [-0.1, -0.05) is 6.92 Å². The molecule has 0 aliphatic carbocycles. The maximum Gasteiger partial charge on any atom is 0.0638 e. The van der Waals surface area contributed by atoms with E-state index in [1.54, 1.807) is 0 Å². The third-order valence-corrected chi connectivity index (χ3v) is 2.93. The summed E-state index contributed by atoms with van der Waals surface area (Å²) in [7, 11) is 0. The number of fused-ring (bicyclic) bond motifs is 2. The van der Waals surface area contributed by atoms with Crippen LogP contribution >= 0.6 is 0 Å². The minimum absolute atomic E-state index is 0.753. The Labute approximate surface area is 69.0 Å². The lowest BCUT2D eigenvalue weighted by Gasteiger charge is -2.52. The van der Waals surface area contributed by atoms with Crippen molar-refractivity contribution in [3.63, 3.8) is 0 Å². The zero-order chi connectivity index (χ0) is 7.68. The van der Waals surface area contributed by atoms with Gasteiger partial charge >= 0.3 is 0 Å². The quantitative estimate of drug-likeness (QED) is 0.653. The van der Waals surface area contributed by atoms with E-state index in [0.29, 0.717) is 0 Å². The Hall–Kier alpha value is -0.0800. The third kappa shape index (κ3) is 1.30. The summed E-state index contributed by atoms with van der Waals surface area (Å²) in [5.41, 5.74) is 0. The Morgan fingerprint density at radius 3 is 3.00 bits per heavy atom. The number of rotatable bonds is 3. The van der Waals surface area contributed by atoms with Crippen molar-refractivity contribution >= 4 is 0 Å². The summed E-state index contributed by atoms with van der Waals surface area (Å²) in [4.78, 5) is 2.57. The van der Waals surface area contributed by atoms with Crippen LogP contribution in [0.2, 0.25) is 0 Å². The second kappa shape index (κ2) is 3.11. The van der Waals surface area contributed by atoms with Crippen molar-refractivity contribution in [3.05, 3.63) is 0 Å². The van der Waals surface area contributed by atoms with E-state index < -0.39 is 0 Å². The lowest BCUT2D eigenvalue weighted by molar-refractivity contribution is -0.0473. The van der Waals surface area contributed by atoms with E-state index in [4.69, 9.17) is 0 Å². The van der Waals surface area contributed by atoms with Crippen molar-refractivity contribution in [2.45, 2.75) is 32.4 Å². The van der Waals surface area contributed by atoms with Gasteiger partial charge in [0.15, 0.2) is 0 Å². The highest BCUT2D eigenvalue weighted by Crippen LogP contribution is 2.32. The van der Waals surface area contributed by atoms with Crippen LogP contribution in [0.15, 0.2) is 0 Å². The lowest BCUT2D eigenvalue weighted by atomic mass is 9.85. The smallest absolute Gasteiger partial charge is 0.0638 e. The fourth-order valence-corrected chi connectivity index (χ4v) is 2.30. The molecule has 2 nitrogen and oxygen atoms in total. The minimum Gasteiger partial charge on any atom is -0.301 e. The molecule has 2 heteroatoms. The molecule has 0 radical (unpaired) electrons. The molecule has 0 aromatic heterocycles. The Kier molecular flexibility index (Phi) is 2.14. The molecular formula is C9H18N2. The fourth-order valence-electron chi connectivity index (χ4n) is 2.30. The van der Waals surface area contributed by atoms with Gasteiger partial charge in [0.05, 0.1) is 6.17 Å². The van der Waals surface area contributed by atoms with Crippen LogP contribution < -0.4 is 5.32 Å². The third-order valence-electron chi connectivity index (χ3n) is 2.93. The summed E-state index contributed by atoms with van der Waals surface area (Å²) in [5, 5.41) is 3.60. The molecule has 3 heterocycles. The van der Waals surface area contributed by atoms with Crippen LogP contribution in [0, 0.1) is 5.92 Å². The SMILES string of the molecule is CCCNC1C2CCCN1C2. The summed E-state index contributed by atoms with van der Waals surface area (Å²) < 4.78 is 0. The van der Waals surface area contributed by atoms with Gasteiger partial charge in [0.2, 0.25) is 0 Å². The summed E-state index contributed by atoms with van der Waals surface area (Å²) in [6, 6.07) is 0. The second-order valence-electron chi connectivity index (χ2n) is 3.80. The monoisotopic (exact) mass is 154 g/mol. The first-order valence-corrected chi connectivity index (χ1v) is 4.89. The summed E-state index contributed by atoms with van der Waals surface area (Å²) >= 11 is 0. The zero-order valence-electron chi connectivity index (χ0n) is 7.34. The van der Waals surface area contributed by atoms with Gasteiger partial charge in [0.1, 0.15) is 0 Å². The van der Waals surface area contributed by atoms with E-state index in [-0.39, 0.29) is 0 Å². The van der Waals surface area contributed by atoms with Crippen LogP contribution in [-0.4, -0.2) is 30.7 Å². The molecule has 64 valence electrons. The number of nitrogens with zero attached hydrogens (tertiary/aromatic N) is 1. The topological polar surface area (TPSA) is 15.3 Å². The highest BCUT2D eigenvalue weighted by atomic mass is 15.3. The van der Waals surface area contributed by atoms with E-state index in [9.17, 15) is 0 Å². The molecule has 0 saturated carbocycles. The van der Waals surface area contributed by atoms with Crippen molar-refractivity contribution in [1.29, 1.82) is 0 Å². The van der Waals surface area contributed by atoms with Crippen LogP contribution in [0.5, 0.6) is 0 Å².